The van der Waals surface area contributed by atoms with Crippen LogP contribution in [0.2, 0.25) is 5.02 Å². The Kier molecular flexibility index (Phi) is 12.2. The number of pyridine rings is 1. The van der Waals surface area contributed by atoms with Gasteiger partial charge >= 0.3 is 12.3 Å². The Morgan fingerprint density at radius 3 is 2.02 bits per heavy atom. The number of hydrogen-bond acceptors (Lipinski definition) is 9. The molecule has 2 atom stereocenters. The highest BCUT2D eigenvalue weighted by Gasteiger charge is 2.42. The Labute approximate surface area is 349 Å². The summed E-state index contributed by atoms with van der Waals surface area (Å²) in [7, 11) is -13.4. The van der Waals surface area contributed by atoms with Crippen LogP contribution in [0.25, 0.3) is 22.0 Å². The van der Waals surface area contributed by atoms with Crippen LogP contribution in [0.1, 0.15) is 81.1 Å². The Morgan fingerprint density at radius 2 is 1.52 bits per heavy atom. The highest BCUT2D eigenvalue weighted by Crippen LogP contribution is 2.50. The molecular weight excluding hydrogens is 881 g/mol. The van der Waals surface area contributed by atoms with Crippen molar-refractivity contribution in [2.75, 3.05) is 22.5 Å². The maximum Gasteiger partial charge on any atom is 0.408 e. The van der Waals surface area contributed by atoms with E-state index < -0.39 is 104 Å². The molecule has 22 heteroatoms. The molecule has 0 fully saturated rings. The highest BCUT2D eigenvalue weighted by atomic mass is 35.5. The molecule has 2 heterocycles. The fraction of sp³-hybridized carbons (Fsp3) is 0.447. The minimum absolute atomic E-state index is 0.0109. The number of carboxylic acid groups (broad SMARTS) is 1. The van der Waals surface area contributed by atoms with Crippen LogP contribution >= 0.6 is 11.6 Å². The molecule has 0 unspecified atom stereocenters. The molecule has 2 aromatic carbocycles. The first-order valence-electron chi connectivity index (χ1n) is 17.9. The lowest BCUT2D eigenvalue weighted by molar-refractivity contribution is -0.141. The van der Waals surface area contributed by atoms with Crippen LogP contribution in [0.5, 0.6) is 0 Å². The van der Waals surface area contributed by atoms with Crippen LogP contribution in [0.4, 0.5) is 32.6 Å². The van der Waals surface area contributed by atoms with Gasteiger partial charge in [0.2, 0.25) is 20.0 Å². The van der Waals surface area contributed by atoms with Crippen LogP contribution in [-0.4, -0.2) is 80.9 Å². The summed E-state index contributed by atoms with van der Waals surface area (Å²) in [5.41, 5.74) is -1.28. The average Bonchev–Trinajstić information content (AvgIpc) is 3.66. The molecule has 0 radical (unpaired) electrons. The summed E-state index contributed by atoms with van der Waals surface area (Å²) in [5.74, 6) is 1.36. The normalized spacial score (nSPS) is 15.0. The van der Waals surface area contributed by atoms with Crippen molar-refractivity contribution in [2.24, 2.45) is 5.41 Å². The number of rotatable bonds is 10. The third-order valence-corrected chi connectivity index (χ3v) is 15.4. The number of alkyl halides is 3. The third kappa shape index (κ3) is 9.51. The summed E-state index contributed by atoms with van der Waals surface area (Å²) in [6.45, 7) is 5.76. The first-order chi connectivity index (χ1) is 27.2. The highest BCUT2D eigenvalue weighted by molar-refractivity contribution is 8.09. The van der Waals surface area contributed by atoms with E-state index in [1.165, 1.54) is 26.0 Å². The lowest BCUT2D eigenvalue weighted by Crippen LogP contribution is -2.38. The predicted molar refractivity (Wildman–Crippen MR) is 216 cm³/mol. The maximum atomic E-state index is 15.0. The van der Waals surface area contributed by atoms with Gasteiger partial charge in [-0.05, 0) is 79.3 Å². The number of halogens is 6. The maximum absolute atomic E-state index is 15.0. The number of fused-ring (bicyclic) bond motifs is 2. The standard InChI is InChI=1S/C38H41ClF5N5O8S3/c1-36(2,3)30(20-16-21(40)18-22(41)17-20)32(46-35(50)51)31-28(24-11-9-10-23(24)27(45-31)14-15-37(4,5)58(6,52)53)25-12-13-26(39)29-33(25)48(19-38(42,43)44)47-34(29)49(59(7,54)55)60(8,56)57/h12-13,16-18,30,32,46H,9-11,19H2,1-8H3,(H,50,51)/t30-,32-/m0/s1. The summed E-state index contributed by atoms with van der Waals surface area (Å²) in [6.07, 6.45) is -3.88. The van der Waals surface area contributed by atoms with E-state index in [0.717, 1.165) is 18.4 Å². The van der Waals surface area contributed by atoms with Gasteiger partial charge in [-0.3, -0.25) is 4.68 Å². The van der Waals surface area contributed by atoms with Gasteiger partial charge in [-0.15, -0.1) is 3.71 Å². The molecule has 5 rings (SSSR count). The number of benzene rings is 2. The smallest absolute Gasteiger partial charge is 0.408 e. The number of sulfonamides is 2. The largest absolute Gasteiger partial charge is 0.465 e. The second-order valence-electron chi connectivity index (χ2n) is 16.2. The first-order valence-corrected chi connectivity index (χ1v) is 23.9. The van der Waals surface area contributed by atoms with E-state index >= 15 is 0 Å². The minimum Gasteiger partial charge on any atom is -0.465 e. The average molecular weight is 922 g/mol. The molecule has 0 aliphatic heterocycles. The molecule has 1 amide bonds. The first kappa shape index (κ1) is 46.5. The van der Waals surface area contributed by atoms with Crippen molar-refractivity contribution in [1.29, 1.82) is 0 Å². The summed E-state index contributed by atoms with van der Waals surface area (Å²) >= 11 is 6.61. The van der Waals surface area contributed by atoms with Crippen LogP contribution < -0.4 is 9.03 Å². The number of anilines is 1. The van der Waals surface area contributed by atoms with E-state index in [2.05, 4.69) is 22.3 Å². The molecule has 2 N–H and O–H groups in total. The van der Waals surface area contributed by atoms with Crippen LogP contribution in [-0.2, 0) is 49.3 Å². The zero-order chi connectivity index (χ0) is 45.3. The summed E-state index contributed by atoms with van der Waals surface area (Å²) in [6, 6.07) is 3.43. The number of amides is 1. The fourth-order valence-corrected chi connectivity index (χ4v) is 10.8. The Morgan fingerprint density at radius 1 is 0.950 bits per heavy atom. The van der Waals surface area contributed by atoms with Crippen molar-refractivity contribution < 1.29 is 57.1 Å². The Bertz CT molecular complexity index is 2780. The topological polar surface area (TPSA) is 186 Å². The number of carbonyl (C=O) groups is 1. The van der Waals surface area contributed by atoms with Crippen molar-refractivity contribution >= 4 is 64.3 Å². The van der Waals surface area contributed by atoms with Crippen LogP contribution in [0, 0.1) is 28.9 Å². The van der Waals surface area contributed by atoms with Gasteiger partial charge in [0, 0.05) is 29.4 Å². The van der Waals surface area contributed by atoms with Gasteiger partial charge in [0.25, 0.3) is 0 Å². The van der Waals surface area contributed by atoms with Gasteiger partial charge in [-0.1, -0.05) is 44.4 Å². The second kappa shape index (κ2) is 15.7. The molecule has 13 nitrogen and oxygen atoms in total. The molecule has 0 spiro atoms. The van der Waals surface area contributed by atoms with Crippen LogP contribution in [0.3, 0.4) is 0 Å². The minimum atomic E-state index is -5.04. The van der Waals surface area contributed by atoms with E-state index in [4.69, 9.17) is 16.6 Å². The summed E-state index contributed by atoms with van der Waals surface area (Å²) < 4.78 is 149. The monoisotopic (exact) mass is 921 g/mol. The molecule has 1 aliphatic carbocycles. The van der Waals surface area contributed by atoms with E-state index in [1.54, 1.807) is 20.8 Å². The molecule has 60 heavy (non-hydrogen) atoms. The molecule has 1 aliphatic rings. The van der Waals surface area contributed by atoms with Gasteiger partial charge in [-0.25, -0.2) is 43.8 Å². The van der Waals surface area contributed by atoms with Gasteiger partial charge in [0.1, 0.15) is 28.6 Å². The van der Waals surface area contributed by atoms with Gasteiger partial charge < -0.3 is 10.4 Å². The number of hydrogen-bond donors (Lipinski definition) is 2. The molecule has 326 valence electrons. The SMILES string of the molecule is CC(C)(C)[C@@H](c1cc(F)cc(F)c1)[C@H](NC(=O)O)c1nc(C#CC(C)(C)S(C)(=O)=O)c2c(c1-c1ccc(Cl)c3c(N(S(C)(=O)=O)S(C)(=O)=O)nn(CC(F)(F)F)c13)CCC2. The lowest BCUT2D eigenvalue weighted by Gasteiger charge is -2.38. The zero-order valence-electron chi connectivity index (χ0n) is 33.5. The number of nitrogens with one attached hydrogen (secondary N) is 1. The van der Waals surface area contributed by atoms with Crippen LogP contribution in [0.15, 0.2) is 30.3 Å². The molecule has 0 bridgehead atoms. The van der Waals surface area contributed by atoms with Gasteiger partial charge in [0.15, 0.2) is 15.7 Å². The fourth-order valence-electron chi connectivity index (χ4n) is 7.44. The Balaban J connectivity index is 2.08. The molecule has 2 aromatic heterocycles. The quantitative estimate of drug-likeness (QED) is 0.123. The second-order valence-corrected chi connectivity index (χ2v) is 23.0. The third-order valence-electron chi connectivity index (χ3n) is 9.98. The van der Waals surface area contributed by atoms with Crippen molar-refractivity contribution in [3.8, 4) is 23.0 Å². The van der Waals surface area contributed by atoms with Crippen molar-refractivity contribution in [2.45, 2.75) is 83.3 Å². The zero-order valence-corrected chi connectivity index (χ0v) is 36.7. The molecule has 0 saturated carbocycles. The lowest BCUT2D eigenvalue weighted by atomic mass is 9.70. The summed E-state index contributed by atoms with van der Waals surface area (Å²) in [4.78, 5) is 17.6. The number of nitrogens with zero attached hydrogens (tertiary/aromatic N) is 4. The predicted octanol–water partition coefficient (Wildman–Crippen LogP) is 7.12. The van der Waals surface area contributed by atoms with Gasteiger partial charge in [0.05, 0.1) is 40.2 Å². The van der Waals surface area contributed by atoms with Crippen molar-refractivity contribution in [3.05, 3.63) is 75.1 Å². The van der Waals surface area contributed by atoms with Crippen molar-refractivity contribution in [3.63, 3.8) is 0 Å². The molecule has 0 saturated heterocycles. The van der Waals surface area contributed by atoms with E-state index in [1.807, 2.05) is 0 Å². The van der Waals surface area contributed by atoms with E-state index in [0.29, 0.717) is 40.8 Å². The number of sulfone groups is 1. The number of aromatic nitrogens is 3. The van der Waals surface area contributed by atoms with E-state index in [9.17, 15) is 57.1 Å². The van der Waals surface area contributed by atoms with Crippen molar-refractivity contribution in [1.82, 2.24) is 20.1 Å². The summed E-state index contributed by atoms with van der Waals surface area (Å²) in [5, 5.41) is 15.7. The van der Waals surface area contributed by atoms with E-state index in [-0.39, 0.29) is 44.6 Å². The van der Waals surface area contributed by atoms with Gasteiger partial charge in [-0.2, -0.15) is 18.3 Å². The molecular formula is C38H41ClF5N5O8S3. The Hall–Kier alpha value is -4.52. The molecule has 4 aromatic rings.